The molecule has 0 saturated carbocycles. The minimum absolute atomic E-state index is 0.0244. The second-order valence-corrected chi connectivity index (χ2v) is 14.2. The van der Waals surface area contributed by atoms with Gasteiger partial charge in [-0.05, 0) is 66.9 Å². The first-order valence-corrected chi connectivity index (χ1v) is 17.4. The Hall–Kier alpha value is -3.37. The van der Waals surface area contributed by atoms with E-state index in [2.05, 4.69) is 21.2 Å². The van der Waals surface area contributed by atoms with E-state index in [1.165, 1.54) is 35.2 Å². The third-order valence-electron chi connectivity index (χ3n) is 7.33. The lowest BCUT2D eigenvalue weighted by Gasteiger charge is -2.34. The third kappa shape index (κ3) is 9.10. The van der Waals surface area contributed by atoms with E-state index in [0.717, 1.165) is 19.9 Å². The number of anilines is 1. The van der Waals surface area contributed by atoms with Crippen LogP contribution in [0.5, 0.6) is 0 Å². The molecule has 2 atom stereocenters. The zero-order valence-electron chi connectivity index (χ0n) is 24.9. The van der Waals surface area contributed by atoms with Gasteiger partial charge < -0.3 is 10.2 Å². The fourth-order valence-electron chi connectivity index (χ4n) is 4.69. The topological polar surface area (TPSA) is 86.8 Å². The molecule has 0 aliphatic heterocycles. The molecule has 2 amide bonds. The Kier molecular flexibility index (Phi) is 12.1. The van der Waals surface area contributed by atoms with Crippen LogP contribution in [0.3, 0.4) is 0 Å². The Labute approximate surface area is 283 Å². The lowest BCUT2D eigenvalue weighted by Crippen LogP contribution is -2.54. The molecule has 4 aromatic carbocycles. The van der Waals surface area contributed by atoms with Gasteiger partial charge in [-0.1, -0.05) is 107 Å². The van der Waals surface area contributed by atoms with E-state index in [4.69, 9.17) is 23.2 Å². The van der Waals surface area contributed by atoms with Gasteiger partial charge in [-0.25, -0.2) is 8.42 Å². The van der Waals surface area contributed by atoms with Gasteiger partial charge in [-0.15, -0.1) is 0 Å². The number of halogens is 3. The molecule has 0 spiro atoms. The van der Waals surface area contributed by atoms with Crippen LogP contribution < -0.4 is 9.62 Å². The van der Waals surface area contributed by atoms with Crippen LogP contribution >= 0.6 is 39.1 Å². The second kappa shape index (κ2) is 15.8. The summed E-state index contributed by atoms with van der Waals surface area (Å²) in [5.41, 5.74) is 1.66. The maximum atomic E-state index is 14.5. The highest BCUT2D eigenvalue weighted by atomic mass is 79.9. The van der Waals surface area contributed by atoms with Gasteiger partial charge in [-0.3, -0.25) is 13.9 Å². The smallest absolute Gasteiger partial charge is 0.264 e. The Morgan fingerprint density at radius 1 is 0.867 bits per heavy atom. The highest BCUT2D eigenvalue weighted by Gasteiger charge is 2.35. The van der Waals surface area contributed by atoms with E-state index in [0.29, 0.717) is 6.42 Å². The molecule has 0 saturated heterocycles. The molecular weight excluding hydrogens is 697 g/mol. The van der Waals surface area contributed by atoms with Crippen molar-refractivity contribution in [2.45, 2.75) is 50.2 Å². The molecule has 7 nitrogen and oxygen atoms in total. The molecule has 0 fully saturated rings. The molecule has 0 aliphatic carbocycles. The van der Waals surface area contributed by atoms with Crippen LogP contribution in [-0.2, 0) is 32.6 Å². The highest BCUT2D eigenvalue weighted by Crippen LogP contribution is 2.33. The van der Waals surface area contributed by atoms with Crippen LogP contribution in [0.15, 0.2) is 112 Å². The first kappa shape index (κ1) is 34.5. The number of carbonyl (C=O) groups excluding carboxylic acids is 2. The molecule has 236 valence electrons. The minimum atomic E-state index is -4.29. The number of hydrogen-bond donors (Lipinski definition) is 1. The molecule has 4 rings (SSSR count). The van der Waals surface area contributed by atoms with Gasteiger partial charge in [0, 0.05) is 28.5 Å². The zero-order valence-corrected chi connectivity index (χ0v) is 28.8. The van der Waals surface area contributed by atoms with Crippen molar-refractivity contribution in [2.24, 2.45) is 0 Å². The molecule has 4 aromatic rings. The largest absolute Gasteiger partial charge is 0.352 e. The molecule has 0 aromatic heterocycles. The summed E-state index contributed by atoms with van der Waals surface area (Å²) < 4.78 is 30.0. The number of carbonyl (C=O) groups is 2. The molecule has 0 heterocycles. The molecule has 45 heavy (non-hydrogen) atoms. The summed E-state index contributed by atoms with van der Waals surface area (Å²) in [5.74, 6) is -0.925. The second-order valence-electron chi connectivity index (χ2n) is 10.6. The van der Waals surface area contributed by atoms with Gasteiger partial charge in [-0.2, -0.15) is 0 Å². The fourth-order valence-corrected chi connectivity index (χ4v) is 6.84. The first-order chi connectivity index (χ1) is 21.5. The summed E-state index contributed by atoms with van der Waals surface area (Å²) in [5, 5.41) is 3.37. The number of sulfonamides is 1. The number of hydrogen-bond acceptors (Lipinski definition) is 4. The summed E-state index contributed by atoms with van der Waals surface area (Å²) in [6, 6.07) is 27.9. The number of amides is 2. The Bertz CT molecular complexity index is 1710. The fraction of sp³-hybridized carbons (Fsp3) is 0.235. The van der Waals surface area contributed by atoms with E-state index >= 15 is 0 Å². The number of benzene rings is 4. The zero-order chi connectivity index (χ0) is 32.6. The van der Waals surface area contributed by atoms with Crippen molar-refractivity contribution < 1.29 is 18.0 Å². The first-order valence-electron chi connectivity index (χ1n) is 14.4. The molecule has 0 aliphatic rings. The van der Waals surface area contributed by atoms with Crippen LogP contribution in [0.2, 0.25) is 10.0 Å². The summed E-state index contributed by atoms with van der Waals surface area (Å²) in [4.78, 5) is 29.8. The number of nitrogens with zero attached hydrogens (tertiary/aromatic N) is 2. The van der Waals surface area contributed by atoms with E-state index < -0.39 is 28.5 Å². The summed E-state index contributed by atoms with van der Waals surface area (Å²) in [6.45, 7) is 3.28. The number of nitrogens with one attached hydrogen (secondary N) is 1. The van der Waals surface area contributed by atoms with Crippen molar-refractivity contribution in [3.63, 3.8) is 0 Å². The predicted octanol–water partition coefficient (Wildman–Crippen LogP) is 7.51. The van der Waals surface area contributed by atoms with Crippen molar-refractivity contribution >= 4 is 66.7 Å². The average Bonchev–Trinajstić information content (AvgIpc) is 3.04. The van der Waals surface area contributed by atoms with Gasteiger partial charge in [0.15, 0.2) is 0 Å². The Morgan fingerprint density at radius 2 is 1.49 bits per heavy atom. The molecule has 1 N–H and O–H groups in total. The van der Waals surface area contributed by atoms with Crippen LogP contribution in [0.25, 0.3) is 0 Å². The lowest BCUT2D eigenvalue weighted by molar-refractivity contribution is -0.140. The molecule has 11 heteroatoms. The van der Waals surface area contributed by atoms with Crippen molar-refractivity contribution in [2.75, 3.05) is 10.8 Å². The van der Waals surface area contributed by atoms with Crippen molar-refractivity contribution in [3.8, 4) is 0 Å². The maximum absolute atomic E-state index is 14.5. The van der Waals surface area contributed by atoms with E-state index in [9.17, 15) is 18.0 Å². The highest BCUT2D eigenvalue weighted by molar-refractivity contribution is 9.10. The van der Waals surface area contributed by atoms with Crippen molar-refractivity contribution in [1.82, 2.24) is 10.2 Å². The van der Waals surface area contributed by atoms with Gasteiger partial charge in [0.25, 0.3) is 10.0 Å². The minimum Gasteiger partial charge on any atom is -0.352 e. The van der Waals surface area contributed by atoms with Crippen molar-refractivity contribution in [1.29, 1.82) is 0 Å². The van der Waals surface area contributed by atoms with Gasteiger partial charge in [0.1, 0.15) is 12.6 Å². The van der Waals surface area contributed by atoms with Gasteiger partial charge in [0.05, 0.1) is 15.6 Å². The van der Waals surface area contributed by atoms with Crippen molar-refractivity contribution in [3.05, 3.63) is 129 Å². The Balaban J connectivity index is 1.83. The van der Waals surface area contributed by atoms with Gasteiger partial charge in [0.2, 0.25) is 11.8 Å². The van der Waals surface area contributed by atoms with Crippen LogP contribution in [0, 0.1) is 0 Å². The van der Waals surface area contributed by atoms with E-state index in [-0.39, 0.29) is 45.5 Å². The monoisotopic (exact) mass is 729 g/mol. The lowest BCUT2D eigenvalue weighted by atomic mass is 10.0. The molecule has 0 bridgehead atoms. The van der Waals surface area contributed by atoms with Crippen LogP contribution in [0.4, 0.5) is 5.69 Å². The molecule has 0 unspecified atom stereocenters. The molecular formula is C34H34BrCl2N3O4S. The molecule has 0 radical (unpaired) electrons. The SMILES string of the molecule is CC[C@@H](C)NC(=O)[C@@H](Cc1ccccc1)N(Cc1ccc(Br)cc1)C(=O)CN(c1cc(Cl)ccc1Cl)S(=O)(=O)c1ccccc1. The maximum Gasteiger partial charge on any atom is 0.264 e. The quantitative estimate of drug-likeness (QED) is 0.154. The van der Waals surface area contributed by atoms with Crippen LogP contribution in [-0.4, -0.2) is 43.8 Å². The Morgan fingerprint density at radius 3 is 2.11 bits per heavy atom. The van der Waals surface area contributed by atoms with E-state index in [1.54, 1.807) is 18.2 Å². The summed E-state index contributed by atoms with van der Waals surface area (Å²) in [6.07, 6.45) is 0.912. The predicted molar refractivity (Wildman–Crippen MR) is 184 cm³/mol. The normalized spacial score (nSPS) is 12.6. The summed E-state index contributed by atoms with van der Waals surface area (Å²) >= 11 is 16.3. The standard InChI is InChI=1S/C34H34BrCl2N3O4S/c1-3-24(2)38-34(42)32(20-25-10-6-4-7-11-25)39(22-26-14-16-27(35)17-15-26)33(41)23-40(31-21-28(36)18-19-30(31)37)45(43,44)29-12-8-5-9-13-29/h4-19,21,24,32H,3,20,22-23H2,1-2H3,(H,38,42)/t24-,32-/m1/s1. The van der Waals surface area contributed by atoms with Crippen LogP contribution in [0.1, 0.15) is 31.4 Å². The average molecular weight is 732 g/mol. The summed E-state index contributed by atoms with van der Waals surface area (Å²) in [7, 11) is -4.29. The third-order valence-corrected chi connectivity index (χ3v) is 10.2. The number of rotatable bonds is 13. The van der Waals surface area contributed by atoms with E-state index in [1.807, 2.05) is 68.4 Å². The van der Waals surface area contributed by atoms with Gasteiger partial charge >= 0.3 is 0 Å².